The first-order valence-corrected chi connectivity index (χ1v) is 8.76. The smallest absolute Gasteiger partial charge is 0.237 e. The zero-order chi connectivity index (χ0) is 16.7. The van der Waals surface area contributed by atoms with Crippen molar-refractivity contribution in [1.82, 2.24) is 10.2 Å². The van der Waals surface area contributed by atoms with E-state index < -0.39 is 0 Å². The molecule has 4 nitrogen and oxygen atoms in total. The third kappa shape index (κ3) is 5.87. The lowest BCUT2D eigenvalue weighted by molar-refractivity contribution is -0.126. The molecule has 1 aromatic rings. The molecule has 1 aromatic carbocycles. The number of hydrogen-bond donors (Lipinski definition) is 1. The first-order valence-electron chi connectivity index (χ1n) is 8.76. The molecule has 1 aliphatic carbocycles. The van der Waals surface area contributed by atoms with Crippen molar-refractivity contribution in [2.45, 2.75) is 58.0 Å². The van der Waals surface area contributed by atoms with E-state index >= 15 is 0 Å². The molecule has 0 radical (unpaired) electrons. The summed E-state index contributed by atoms with van der Waals surface area (Å²) in [6.07, 6.45) is 6.02. The summed E-state index contributed by atoms with van der Waals surface area (Å²) < 4.78 is 5.76. The Bertz CT molecular complexity index is 498. The molecule has 1 atom stereocenters. The lowest BCUT2D eigenvalue weighted by Gasteiger charge is -2.28. The minimum Gasteiger partial charge on any atom is -0.492 e. The minimum absolute atomic E-state index is 0.127. The van der Waals surface area contributed by atoms with Gasteiger partial charge in [0.25, 0.3) is 0 Å². The van der Waals surface area contributed by atoms with Crippen LogP contribution in [-0.2, 0) is 4.79 Å². The maximum absolute atomic E-state index is 12.3. The van der Waals surface area contributed by atoms with Crippen molar-refractivity contribution >= 4 is 5.91 Å². The fourth-order valence-electron chi connectivity index (χ4n) is 2.98. The molecule has 0 spiro atoms. The predicted octanol–water partition coefficient (Wildman–Crippen LogP) is 3.14. The normalized spacial score (nSPS) is 17.0. The molecule has 1 saturated carbocycles. The molecule has 1 aliphatic rings. The van der Waals surface area contributed by atoms with Gasteiger partial charge in [0.15, 0.2) is 0 Å². The fourth-order valence-corrected chi connectivity index (χ4v) is 2.98. The Balaban J connectivity index is 1.71. The van der Waals surface area contributed by atoms with E-state index in [1.807, 2.05) is 37.1 Å². The molecule has 0 aliphatic heterocycles. The van der Waals surface area contributed by atoms with Crippen LogP contribution in [0.3, 0.4) is 0 Å². The third-order valence-corrected chi connectivity index (χ3v) is 4.69. The second-order valence-corrected chi connectivity index (χ2v) is 6.67. The molecule has 1 N–H and O–H groups in total. The van der Waals surface area contributed by atoms with Crippen LogP contribution < -0.4 is 10.1 Å². The number of hydrogen-bond acceptors (Lipinski definition) is 3. The van der Waals surface area contributed by atoms with Crippen LogP contribution in [0.1, 0.15) is 44.6 Å². The quantitative estimate of drug-likeness (QED) is 0.840. The standard InChI is InChI=1S/C19H30N2O2/c1-15-8-7-11-18(14-15)23-13-12-21(3)16(2)19(22)20-17-9-5-4-6-10-17/h7-8,11,14,16-17H,4-6,9-10,12-13H2,1-3H3,(H,20,22)/t16-/m1/s1. The largest absolute Gasteiger partial charge is 0.492 e. The van der Waals surface area contributed by atoms with E-state index in [4.69, 9.17) is 4.74 Å². The van der Waals surface area contributed by atoms with Gasteiger partial charge in [-0.2, -0.15) is 0 Å². The summed E-state index contributed by atoms with van der Waals surface area (Å²) in [7, 11) is 1.98. The molecule has 0 unspecified atom stereocenters. The van der Waals surface area contributed by atoms with E-state index in [-0.39, 0.29) is 11.9 Å². The first-order chi connectivity index (χ1) is 11.1. The van der Waals surface area contributed by atoms with Crippen LogP contribution in [0.25, 0.3) is 0 Å². The van der Waals surface area contributed by atoms with Gasteiger partial charge in [-0.25, -0.2) is 0 Å². The van der Waals surface area contributed by atoms with Crippen molar-refractivity contribution in [1.29, 1.82) is 0 Å². The molecule has 2 rings (SSSR count). The number of aryl methyl sites for hydroxylation is 1. The van der Waals surface area contributed by atoms with E-state index in [9.17, 15) is 4.79 Å². The van der Waals surface area contributed by atoms with Gasteiger partial charge in [-0.1, -0.05) is 31.4 Å². The Hall–Kier alpha value is -1.55. The number of nitrogens with one attached hydrogen (secondary N) is 1. The van der Waals surface area contributed by atoms with E-state index in [0.29, 0.717) is 12.6 Å². The summed E-state index contributed by atoms with van der Waals surface area (Å²) in [6.45, 7) is 5.33. The van der Waals surface area contributed by atoms with Crippen molar-refractivity contribution in [3.63, 3.8) is 0 Å². The summed E-state index contributed by atoms with van der Waals surface area (Å²) in [5.41, 5.74) is 1.19. The Kier molecular flexibility index (Phi) is 6.90. The van der Waals surface area contributed by atoms with Crippen molar-refractivity contribution < 1.29 is 9.53 Å². The van der Waals surface area contributed by atoms with Gasteiger partial charge in [-0.05, 0) is 51.4 Å². The molecule has 1 amide bonds. The van der Waals surface area contributed by atoms with Crippen LogP contribution in [-0.4, -0.2) is 43.1 Å². The number of ether oxygens (including phenoxy) is 1. The van der Waals surface area contributed by atoms with Crippen LogP contribution in [0.2, 0.25) is 0 Å². The maximum Gasteiger partial charge on any atom is 0.237 e. The predicted molar refractivity (Wildman–Crippen MR) is 93.8 cm³/mol. The number of rotatable bonds is 7. The van der Waals surface area contributed by atoms with E-state index in [2.05, 4.69) is 18.3 Å². The zero-order valence-corrected chi connectivity index (χ0v) is 14.7. The van der Waals surface area contributed by atoms with Gasteiger partial charge in [0, 0.05) is 12.6 Å². The summed E-state index contributed by atoms with van der Waals surface area (Å²) in [4.78, 5) is 14.4. The van der Waals surface area contributed by atoms with Crippen LogP contribution in [0.4, 0.5) is 0 Å². The fraction of sp³-hybridized carbons (Fsp3) is 0.632. The Morgan fingerprint density at radius 3 is 2.78 bits per heavy atom. The third-order valence-electron chi connectivity index (χ3n) is 4.69. The highest BCUT2D eigenvalue weighted by molar-refractivity contribution is 5.81. The van der Waals surface area contributed by atoms with Gasteiger partial charge < -0.3 is 10.1 Å². The Morgan fingerprint density at radius 2 is 2.09 bits per heavy atom. The summed E-state index contributed by atoms with van der Waals surface area (Å²) in [6, 6.07) is 8.28. The summed E-state index contributed by atoms with van der Waals surface area (Å²) in [5, 5.41) is 3.19. The number of likely N-dealkylation sites (N-methyl/N-ethyl adjacent to an activating group) is 1. The average Bonchev–Trinajstić information content (AvgIpc) is 2.55. The molecule has 0 heterocycles. The lowest BCUT2D eigenvalue weighted by atomic mass is 9.95. The highest BCUT2D eigenvalue weighted by atomic mass is 16.5. The Morgan fingerprint density at radius 1 is 1.35 bits per heavy atom. The monoisotopic (exact) mass is 318 g/mol. The zero-order valence-electron chi connectivity index (χ0n) is 14.7. The van der Waals surface area contributed by atoms with E-state index in [1.54, 1.807) is 0 Å². The minimum atomic E-state index is -0.127. The number of amides is 1. The molecule has 128 valence electrons. The number of carbonyl (C=O) groups is 1. The van der Waals surface area contributed by atoms with Gasteiger partial charge in [0.1, 0.15) is 12.4 Å². The average molecular weight is 318 g/mol. The highest BCUT2D eigenvalue weighted by Crippen LogP contribution is 2.17. The molecule has 0 saturated heterocycles. The van der Waals surface area contributed by atoms with Crippen LogP contribution >= 0.6 is 0 Å². The molecule has 23 heavy (non-hydrogen) atoms. The summed E-state index contributed by atoms with van der Waals surface area (Å²) >= 11 is 0. The maximum atomic E-state index is 12.3. The van der Waals surface area contributed by atoms with Gasteiger partial charge in [0.2, 0.25) is 5.91 Å². The molecular formula is C19H30N2O2. The van der Waals surface area contributed by atoms with E-state index in [0.717, 1.165) is 25.1 Å². The lowest BCUT2D eigenvalue weighted by Crippen LogP contribution is -2.48. The molecule has 1 fully saturated rings. The van der Waals surface area contributed by atoms with Crippen LogP contribution in [0.5, 0.6) is 5.75 Å². The van der Waals surface area contributed by atoms with Gasteiger partial charge >= 0.3 is 0 Å². The van der Waals surface area contributed by atoms with Crippen molar-refractivity contribution in [3.05, 3.63) is 29.8 Å². The molecular weight excluding hydrogens is 288 g/mol. The second kappa shape index (κ2) is 8.92. The topological polar surface area (TPSA) is 41.6 Å². The van der Waals surface area contributed by atoms with Crippen LogP contribution in [0.15, 0.2) is 24.3 Å². The molecule has 0 bridgehead atoms. The molecule has 0 aromatic heterocycles. The Labute approximate surface area is 140 Å². The van der Waals surface area contributed by atoms with E-state index in [1.165, 1.54) is 24.8 Å². The second-order valence-electron chi connectivity index (χ2n) is 6.67. The highest BCUT2D eigenvalue weighted by Gasteiger charge is 2.22. The van der Waals surface area contributed by atoms with Crippen LogP contribution in [0, 0.1) is 6.92 Å². The van der Waals surface area contributed by atoms with Crippen molar-refractivity contribution in [2.75, 3.05) is 20.2 Å². The SMILES string of the molecule is Cc1cccc(OCCN(C)[C@H](C)C(=O)NC2CCCCC2)c1. The van der Waals surface area contributed by atoms with Crippen molar-refractivity contribution in [2.24, 2.45) is 0 Å². The number of benzene rings is 1. The van der Waals surface area contributed by atoms with Crippen molar-refractivity contribution in [3.8, 4) is 5.75 Å². The number of carbonyl (C=O) groups excluding carboxylic acids is 1. The van der Waals surface area contributed by atoms with Gasteiger partial charge in [0.05, 0.1) is 6.04 Å². The molecule has 4 heteroatoms. The number of nitrogens with zero attached hydrogens (tertiary/aromatic N) is 1. The van der Waals surface area contributed by atoms with Gasteiger partial charge in [-0.3, -0.25) is 9.69 Å². The van der Waals surface area contributed by atoms with Gasteiger partial charge in [-0.15, -0.1) is 0 Å². The summed E-state index contributed by atoms with van der Waals surface area (Å²) in [5.74, 6) is 1.02. The first kappa shape index (κ1) is 17.8.